The van der Waals surface area contributed by atoms with Gasteiger partial charge in [0.05, 0.1) is 24.2 Å². The van der Waals surface area contributed by atoms with E-state index in [0.717, 1.165) is 37.2 Å². The van der Waals surface area contributed by atoms with Gasteiger partial charge in [0.25, 0.3) is 5.91 Å². The van der Waals surface area contributed by atoms with Gasteiger partial charge in [-0.25, -0.2) is 0 Å². The monoisotopic (exact) mass is 363 g/mol. The Morgan fingerprint density at radius 3 is 2.88 bits per heavy atom. The Labute approximate surface area is 152 Å². The molecule has 2 heterocycles. The number of hydrogen-bond acceptors (Lipinski definition) is 5. The van der Waals surface area contributed by atoms with Gasteiger partial charge in [0, 0.05) is 6.61 Å². The van der Waals surface area contributed by atoms with E-state index >= 15 is 0 Å². The van der Waals surface area contributed by atoms with Crippen molar-refractivity contribution in [3.63, 3.8) is 0 Å². The Morgan fingerprint density at radius 2 is 2.21 bits per heavy atom. The number of thiocarbonyl (C=S) groups is 1. The number of thioether (sulfide) groups is 1. The van der Waals surface area contributed by atoms with E-state index in [1.165, 1.54) is 11.8 Å². The van der Waals surface area contributed by atoms with Crippen LogP contribution in [-0.4, -0.2) is 41.0 Å². The summed E-state index contributed by atoms with van der Waals surface area (Å²) >= 11 is 6.73. The third-order valence-electron chi connectivity index (χ3n) is 3.93. The Bertz CT molecular complexity index is 636. The number of hydrogen-bond donors (Lipinski definition) is 0. The predicted molar refractivity (Wildman–Crippen MR) is 101 cm³/mol. The second kappa shape index (κ2) is 8.14. The van der Waals surface area contributed by atoms with Gasteiger partial charge in [0.1, 0.15) is 10.1 Å². The van der Waals surface area contributed by atoms with E-state index in [1.807, 2.05) is 30.3 Å². The molecule has 0 aliphatic carbocycles. The molecule has 1 aromatic carbocycles. The standard InChI is InChI=1S/C18H21NO3S2/c1-2-9-21-14-7-5-13(6-8-14)11-16-17(20)19(18(23)24-16)12-15-4-3-10-22-15/h5-8,11,15H,2-4,9-10,12H2,1H3/b16-11-/t15-/m0/s1. The summed E-state index contributed by atoms with van der Waals surface area (Å²) in [6, 6.07) is 7.76. The fourth-order valence-electron chi connectivity index (χ4n) is 2.68. The minimum atomic E-state index is -0.0215. The summed E-state index contributed by atoms with van der Waals surface area (Å²) in [5, 5.41) is 0. The molecule has 0 radical (unpaired) electrons. The molecule has 128 valence electrons. The Kier molecular flexibility index (Phi) is 5.92. The second-order valence-electron chi connectivity index (χ2n) is 5.84. The molecule has 1 amide bonds. The highest BCUT2D eigenvalue weighted by atomic mass is 32.2. The number of carbonyl (C=O) groups excluding carboxylic acids is 1. The molecule has 0 saturated carbocycles. The van der Waals surface area contributed by atoms with Crippen LogP contribution in [0.5, 0.6) is 5.75 Å². The van der Waals surface area contributed by atoms with Crippen molar-refractivity contribution in [1.29, 1.82) is 0 Å². The van der Waals surface area contributed by atoms with E-state index in [-0.39, 0.29) is 12.0 Å². The lowest BCUT2D eigenvalue weighted by Crippen LogP contribution is -2.35. The number of ether oxygens (including phenoxy) is 2. The van der Waals surface area contributed by atoms with Crippen LogP contribution in [0.15, 0.2) is 29.2 Å². The van der Waals surface area contributed by atoms with Crippen molar-refractivity contribution in [3.05, 3.63) is 34.7 Å². The van der Waals surface area contributed by atoms with Gasteiger partial charge in [-0.05, 0) is 43.0 Å². The number of amides is 1. The molecule has 0 unspecified atom stereocenters. The molecule has 0 aromatic heterocycles. The minimum absolute atomic E-state index is 0.0215. The summed E-state index contributed by atoms with van der Waals surface area (Å²) in [5.74, 6) is 0.826. The van der Waals surface area contributed by atoms with E-state index < -0.39 is 0 Å². The summed E-state index contributed by atoms with van der Waals surface area (Å²) in [4.78, 5) is 14.9. The average Bonchev–Trinajstić information content (AvgIpc) is 3.19. The second-order valence-corrected chi connectivity index (χ2v) is 7.52. The van der Waals surface area contributed by atoms with Crippen molar-refractivity contribution in [1.82, 2.24) is 4.90 Å². The van der Waals surface area contributed by atoms with Crippen LogP contribution in [0, 0.1) is 0 Å². The van der Waals surface area contributed by atoms with E-state index in [4.69, 9.17) is 21.7 Å². The Balaban J connectivity index is 1.66. The molecule has 1 atom stereocenters. The number of carbonyl (C=O) groups is 1. The highest BCUT2D eigenvalue weighted by molar-refractivity contribution is 8.26. The van der Waals surface area contributed by atoms with Crippen LogP contribution in [0.1, 0.15) is 31.7 Å². The average molecular weight is 364 g/mol. The lowest BCUT2D eigenvalue weighted by molar-refractivity contribution is -0.123. The molecule has 2 saturated heterocycles. The van der Waals surface area contributed by atoms with Crippen LogP contribution < -0.4 is 4.74 Å². The lowest BCUT2D eigenvalue weighted by Gasteiger charge is -2.18. The molecule has 6 heteroatoms. The molecule has 4 nitrogen and oxygen atoms in total. The highest BCUT2D eigenvalue weighted by Gasteiger charge is 2.34. The van der Waals surface area contributed by atoms with Gasteiger partial charge in [-0.2, -0.15) is 0 Å². The van der Waals surface area contributed by atoms with E-state index in [9.17, 15) is 4.79 Å². The van der Waals surface area contributed by atoms with Gasteiger partial charge >= 0.3 is 0 Å². The van der Waals surface area contributed by atoms with Crippen molar-refractivity contribution in [2.45, 2.75) is 32.3 Å². The maximum atomic E-state index is 12.6. The van der Waals surface area contributed by atoms with Gasteiger partial charge < -0.3 is 9.47 Å². The summed E-state index contributed by atoms with van der Waals surface area (Å²) in [6.07, 6.45) is 5.03. The zero-order chi connectivity index (χ0) is 16.9. The molecule has 0 N–H and O–H groups in total. The van der Waals surface area contributed by atoms with Crippen molar-refractivity contribution < 1.29 is 14.3 Å². The van der Waals surface area contributed by atoms with Crippen LogP contribution in [0.4, 0.5) is 0 Å². The molecule has 0 spiro atoms. The normalized spacial score (nSPS) is 22.6. The van der Waals surface area contributed by atoms with Crippen LogP contribution >= 0.6 is 24.0 Å². The van der Waals surface area contributed by atoms with Crippen LogP contribution in [0.2, 0.25) is 0 Å². The Morgan fingerprint density at radius 1 is 1.42 bits per heavy atom. The maximum absolute atomic E-state index is 12.6. The van der Waals surface area contributed by atoms with Crippen molar-refractivity contribution in [3.8, 4) is 5.75 Å². The SMILES string of the molecule is CCCOc1ccc(/C=C2\SC(=S)N(C[C@@H]3CCCO3)C2=O)cc1. The van der Waals surface area contributed by atoms with Gasteiger partial charge in [-0.3, -0.25) is 9.69 Å². The van der Waals surface area contributed by atoms with E-state index in [1.54, 1.807) is 4.90 Å². The van der Waals surface area contributed by atoms with Crippen molar-refractivity contribution >= 4 is 40.3 Å². The molecule has 1 aromatic rings. The van der Waals surface area contributed by atoms with Gasteiger partial charge in [0.2, 0.25) is 0 Å². The lowest BCUT2D eigenvalue weighted by atomic mass is 10.2. The number of rotatable bonds is 6. The van der Waals surface area contributed by atoms with E-state index in [0.29, 0.717) is 22.4 Å². The quantitative estimate of drug-likeness (QED) is 0.567. The first-order valence-electron chi connectivity index (χ1n) is 8.27. The third-order valence-corrected chi connectivity index (χ3v) is 5.31. The van der Waals surface area contributed by atoms with Crippen molar-refractivity contribution in [2.24, 2.45) is 0 Å². The first-order valence-corrected chi connectivity index (χ1v) is 9.49. The fourth-order valence-corrected chi connectivity index (χ4v) is 3.96. The van der Waals surface area contributed by atoms with Crippen LogP contribution in [0.25, 0.3) is 6.08 Å². The van der Waals surface area contributed by atoms with Gasteiger partial charge in [-0.1, -0.05) is 43.0 Å². The van der Waals surface area contributed by atoms with Gasteiger partial charge in [-0.15, -0.1) is 0 Å². The molecule has 2 aliphatic rings. The molecule has 2 fully saturated rings. The first-order chi connectivity index (χ1) is 11.7. The minimum Gasteiger partial charge on any atom is -0.494 e. The zero-order valence-electron chi connectivity index (χ0n) is 13.7. The molecule has 0 bridgehead atoms. The van der Waals surface area contributed by atoms with E-state index in [2.05, 4.69) is 6.92 Å². The fraction of sp³-hybridized carbons (Fsp3) is 0.444. The smallest absolute Gasteiger partial charge is 0.266 e. The van der Waals surface area contributed by atoms with Crippen LogP contribution in [0.3, 0.4) is 0 Å². The molecule has 3 rings (SSSR count). The third kappa shape index (κ3) is 4.18. The number of nitrogens with zero attached hydrogens (tertiary/aromatic N) is 1. The molecule has 2 aliphatic heterocycles. The summed E-state index contributed by atoms with van der Waals surface area (Å²) in [6.45, 7) is 4.13. The highest BCUT2D eigenvalue weighted by Crippen LogP contribution is 2.33. The van der Waals surface area contributed by atoms with Crippen LogP contribution in [-0.2, 0) is 9.53 Å². The predicted octanol–water partition coefficient (Wildman–Crippen LogP) is 3.86. The molecular weight excluding hydrogens is 342 g/mol. The molecule has 24 heavy (non-hydrogen) atoms. The summed E-state index contributed by atoms with van der Waals surface area (Å²) in [5.41, 5.74) is 0.969. The topological polar surface area (TPSA) is 38.8 Å². The van der Waals surface area contributed by atoms with Gasteiger partial charge in [0.15, 0.2) is 0 Å². The maximum Gasteiger partial charge on any atom is 0.266 e. The number of benzene rings is 1. The Hall–Kier alpha value is -1.37. The van der Waals surface area contributed by atoms with Crippen molar-refractivity contribution in [2.75, 3.05) is 19.8 Å². The first kappa shape index (κ1) is 17.5. The largest absolute Gasteiger partial charge is 0.494 e. The summed E-state index contributed by atoms with van der Waals surface area (Å²) < 4.78 is 11.8. The molecular formula is C18H21NO3S2. The zero-order valence-corrected chi connectivity index (χ0v) is 15.3. The summed E-state index contributed by atoms with van der Waals surface area (Å²) in [7, 11) is 0.